The van der Waals surface area contributed by atoms with Crippen molar-refractivity contribution >= 4 is 22.1 Å². The second kappa shape index (κ2) is 3.09. The second-order valence-corrected chi connectivity index (χ2v) is 4.04. The van der Waals surface area contributed by atoms with E-state index in [1.165, 1.54) is 0 Å². The third kappa shape index (κ3) is 1.29. The summed E-state index contributed by atoms with van der Waals surface area (Å²) in [5, 5.41) is 10.6. The van der Waals surface area contributed by atoms with Crippen molar-refractivity contribution in [1.29, 1.82) is 0 Å². The maximum Gasteiger partial charge on any atom is 0.309 e. The zero-order valence-corrected chi connectivity index (χ0v) is 8.76. The molecule has 0 aromatic carbocycles. The molecule has 0 aliphatic heterocycles. The second-order valence-electron chi connectivity index (χ2n) is 3.18. The van der Waals surface area contributed by atoms with Crippen LogP contribution in [0.2, 0.25) is 0 Å². The van der Waals surface area contributed by atoms with E-state index in [0.717, 1.165) is 22.0 Å². The molecule has 74 valence electrons. The summed E-state index contributed by atoms with van der Waals surface area (Å²) >= 11 is 1.54. The van der Waals surface area contributed by atoms with E-state index in [-0.39, 0.29) is 6.42 Å². The van der Waals surface area contributed by atoms with Crippen LogP contribution in [-0.4, -0.2) is 20.5 Å². The molecular weight excluding hydrogens is 200 g/mol. The molecule has 0 aliphatic carbocycles. The summed E-state index contributed by atoms with van der Waals surface area (Å²) in [5.74, 6) is 0.0467. The number of aliphatic carboxylic acids is 1. The van der Waals surface area contributed by atoms with Gasteiger partial charge in [-0.15, -0.1) is 11.3 Å². The molecule has 0 atom stereocenters. The maximum absolute atomic E-state index is 10.6. The van der Waals surface area contributed by atoms with Crippen LogP contribution in [-0.2, 0) is 11.2 Å². The Balaban J connectivity index is 2.61. The SMILES string of the molecule is Cc1nc(C)n2c(CC(=O)O)csc12. The summed E-state index contributed by atoms with van der Waals surface area (Å²) < 4.78 is 1.91. The van der Waals surface area contributed by atoms with E-state index in [1.54, 1.807) is 11.3 Å². The highest BCUT2D eigenvalue weighted by molar-refractivity contribution is 7.15. The predicted octanol–water partition coefficient (Wildman–Crippen LogP) is 1.64. The highest BCUT2D eigenvalue weighted by Gasteiger charge is 2.12. The Bertz CT molecular complexity index is 498. The quantitative estimate of drug-likeness (QED) is 0.819. The smallest absolute Gasteiger partial charge is 0.309 e. The molecule has 0 saturated carbocycles. The van der Waals surface area contributed by atoms with E-state index in [0.29, 0.717) is 0 Å². The molecule has 0 aliphatic rings. The lowest BCUT2D eigenvalue weighted by Gasteiger charge is -1.95. The Kier molecular flexibility index (Phi) is 2.03. The van der Waals surface area contributed by atoms with Gasteiger partial charge in [0.25, 0.3) is 0 Å². The molecule has 4 nitrogen and oxygen atoms in total. The van der Waals surface area contributed by atoms with Gasteiger partial charge < -0.3 is 5.11 Å². The number of rotatable bonds is 2. The van der Waals surface area contributed by atoms with Crippen LogP contribution in [0.1, 0.15) is 17.2 Å². The number of carboxylic acids is 1. The van der Waals surface area contributed by atoms with Crippen molar-refractivity contribution < 1.29 is 9.90 Å². The van der Waals surface area contributed by atoms with E-state index in [4.69, 9.17) is 5.11 Å². The highest BCUT2D eigenvalue weighted by Crippen LogP contribution is 2.22. The van der Waals surface area contributed by atoms with E-state index in [9.17, 15) is 4.79 Å². The Labute approximate surface area is 84.8 Å². The first kappa shape index (κ1) is 9.21. The number of aryl methyl sites for hydroxylation is 2. The van der Waals surface area contributed by atoms with E-state index >= 15 is 0 Å². The van der Waals surface area contributed by atoms with Gasteiger partial charge in [0.1, 0.15) is 10.7 Å². The van der Waals surface area contributed by atoms with Gasteiger partial charge >= 0.3 is 5.97 Å². The zero-order chi connectivity index (χ0) is 10.3. The third-order valence-corrected chi connectivity index (χ3v) is 3.18. The maximum atomic E-state index is 10.6. The summed E-state index contributed by atoms with van der Waals surface area (Å²) in [5.41, 5.74) is 1.76. The van der Waals surface area contributed by atoms with E-state index < -0.39 is 5.97 Å². The molecule has 5 heteroatoms. The standard InChI is InChI=1S/C9H10N2O2S/c1-5-9-11(6(2)10-5)7(4-14-9)3-8(12)13/h4H,3H2,1-2H3,(H,12,13). The lowest BCUT2D eigenvalue weighted by molar-refractivity contribution is -0.136. The Morgan fingerprint density at radius 1 is 1.64 bits per heavy atom. The van der Waals surface area contributed by atoms with E-state index in [2.05, 4.69) is 4.98 Å². The minimum absolute atomic E-state index is 0.0522. The van der Waals surface area contributed by atoms with Crippen molar-refractivity contribution in [3.05, 3.63) is 22.6 Å². The summed E-state index contributed by atoms with van der Waals surface area (Å²) in [6.07, 6.45) is 0.0522. The summed E-state index contributed by atoms with van der Waals surface area (Å²) in [4.78, 5) is 15.9. The fraction of sp³-hybridized carbons (Fsp3) is 0.333. The molecule has 0 spiro atoms. The molecule has 2 aromatic heterocycles. The number of nitrogens with zero attached hydrogens (tertiary/aromatic N) is 2. The molecule has 0 radical (unpaired) electrons. The Morgan fingerprint density at radius 3 is 3.00 bits per heavy atom. The molecule has 14 heavy (non-hydrogen) atoms. The summed E-state index contributed by atoms with van der Waals surface area (Å²) in [6, 6.07) is 0. The topological polar surface area (TPSA) is 54.6 Å². The first-order chi connectivity index (χ1) is 6.59. The van der Waals surface area contributed by atoms with Gasteiger partial charge in [0, 0.05) is 11.1 Å². The molecule has 0 saturated heterocycles. The van der Waals surface area contributed by atoms with Crippen LogP contribution < -0.4 is 0 Å². The monoisotopic (exact) mass is 210 g/mol. The number of thiazole rings is 1. The van der Waals surface area contributed by atoms with Gasteiger partial charge in [0.05, 0.1) is 12.1 Å². The minimum Gasteiger partial charge on any atom is -0.481 e. The van der Waals surface area contributed by atoms with Gasteiger partial charge in [-0.25, -0.2) is 4.98 Å². The summed E-state index contributed by atoms with van der Waals surface area (Å²) in [6.45, 7) is 3.82. The van der Waals surface area contributed by atoms with Gasteiger partial charge in [-0.05, 0) is 13.8 Å². The first-order valence-corrected chi connectivity index (χ1v) is 5.11. The van der Waals surface area contributed by atoms with Crippen LogP contribution in [0.3, 0.4) is 0 Å². The molecule has 1 N–H and O–H groups in total. The van der Waals surface area contributed by atoms with Crippen LogP contribution >= 0.6 is 11.3 Å². The number of hydrogen-bond acceptors (Lipinski definition) is 3. The minimum atomic E-state index is -0.810. The van der Waals surface area contributed by atoms with Crippen molar-refractivity contribution in [2.45, 2.75) is 20.3 Å². The van der Waals surface area contributed by atoms with Crippen LogP contribution in [0.4, 0.5) is 0 Å². The largest absolute Gasteiger partial charge is 0.481 e. The number of hydrogen-bond donors (Lipinski definition) is 1. The third-order valence-electron chi connectivity index (χ3n) is 2.09. The number of carbonyl (C=O) groups is 1. The molecule has 2 aromatic rings. The average molecular weight is 210 g/mol. The predicted molar refractivity (Wildman–Crippen MR) is 53.9 cm³/mol. The van der Waals surface area contributed by atoms with Crippen molar-refractivity contribution in [2.24, 2.45) is 0 Å². The number of fused-ring (bicyclic) bond motifs is 1. The lowest BCUT2D eigenvalue weighted by atomic mass is 10.3. The molecule has 0 bridgehead atoms. The van der Waals surface area contributed by atoms with Crippen LogP contribution in [0, 0.1) is 13.8 Å². The lowest BCUT2D eigenvalue weighted by Crippen LogP contribution is -2.03. The molecule has 2 heterocycles. The zero-order valence-electron chi connectivity index (χ0n) is 7.94. The van der Waals surface area contributed by atoms with Crippen molar-refractivity contribution in [2.75, 3.05) is 0 Å². The van der Waals surface area contributed by atoms with Crippen LogP contribution in [0.5, 0.6) is 0 Å². The fourth-order valence-electron chi connectivity index (χ4n) is 1.58. The molecule has 0 unspecified atom stereocenters. The van der Waals surface area contributed by atoms with Crippen molar-refractivity contribution in [3.8, 4) is 0 Å². The molecule has 0 fully saturated rings. The molecular formula is C9H10N2O2S. The van der Waals surface area contributed by atoms with Crippen LogP contribution in [0.15, 0.2) is 5.38 Å². The normalized spacial score (nSPS) is 11.0. The summed E-state index contributed by atoms with van der Waals surface area (Å²) in [7, 11) is 0. The Morgan fingerprint density at radius 2 is 2.36 bits per heavy atom. The fourth-order valence-corrected chi connectivity index (χ4v) is 2.59. The number of carboxylic acid groups (broad SMARTS) is 1. The molecule has 2 rings (SSSR count). The van der Waals surface area contributed by atoms with E-state index in [1.807, 2.05) is 23.6 Å². The highest BCUT2D eigenvalue weighted by atomic mass is 32.1. The van der Waals surface area contributed by atoms with Crippen LogP contribution in [0.25, 0.3) is 4.83 Å². The average Bonchev–Trinajstić information content (AvgIpc) is 2.56. The number of imidazole rings is 1. The van der Waals surface area contributed by atoms with Gasteiger partial charge in [-0.1, -0.05) is 0 Å². The first-order valence-electron chi connectivity index (χ1n) is 4.23. The van der Waals surface area contributed by atoms with Gasteiger partial charge in [0.15, 0.2) is 0 Å². The molecule has 0 amide bonds. The van der Waals surface area contributed by atoms with Gasteiger partial charge in [-0.2, -0.15) is 0 Å². The van der Waals surface area contributed by atoms with Crippen molar-refractivity contribution in [1.82, 2.24) is 9.38 Å². The Hall–Kier alpha value is -1.36. The van der Waals surface area contributed by atoms with Gasteiger partial charge in [-0.3, -0.25) is 9.20 Å². The van der Waals surface area contributed by atoms with Crippen molar-refractivity contribution in [3.63, 3.8) is 0 Å². The van der Waals surface area contributed by atoms with Gasteiger partial charge in [0.2, 0.25) is 0 Å². The number of aromatic nitrogens is 2.